The third kappa shape index (κ3) is 5.26. The monoisotopic (exact) mass is 437 g/mol. The van der Waals surface area contributed by atoms with Gasteiger partial charge >= 0.3 is 0 Å². The third-order valence-electron chi connectivity index (χ3n) is 5.30. The highest BCUT2D eigenvalue weighted by Crippen LogP contribution is 2.26. The Bertz CT molecular complexity index is 1120. The first kappa shape index (κ1) is 21.8. The molecule has 0 aliphatic carbocycles. The number of benzene rings is 2. The van der Waals surface area contributed by atoms with Crippen molar-refractivity contribution in [1.82, 2.24) is 14.9 Å². The highest BCUT2D eigenvalue weighted by Gasteiger charge is 2.24. The zero-order chi connectivity index (χ0) is 22.3. The largest absolute Gasteiger partial charge is 0.490 e. The number of ether oxygens (including phenoxy) is 3. The van der Waals surface area contributed by atoms with Crippen molar-refractivity contribution in [2.45, 2.75) is 32.4 Å². The molecule has 1 aromatic heterocycles. The van der Waals surface area contributed by atoms with Crippen molar-refractivity contribution in [2.24, 2.45) is 0 Å². The molecule has 0 saturated carbocycles. The molecule has 0 radical (unpaired) electrons. The Balaban J connectivity index is 1.51. The molecule has 8 nitrogen and oxygen atoms in total. The van der Waals surface area contributed by atoms with E-state index in [9.17, 15) is 9.59 Å². The molecule has 1 aliphatic heterocycles. The van der Waals surface area contributed by atoms with Gasteiger partial charge in [0.2, 0.25) is 0 Å². The molecule has 1 amide bonds. The standard InChI is InChI=1S/C24H27N3O5/c1-2-30-20-11-5-6-12-21(20)32-16-23(28)27(14-17-8-7-13-31-17)15-22-25-19-10-4-3-9-18(19)24(29)26-22/h3-6,9-12,17H,2,7-8,13-16H2,1H3,(H,25,26,29). The zero-order valence-corrected chi connectivity index (χ0v) is 18.1. The van der Waals surface area contributed by atoms with Crippen LogP contribution in [-0.2, 0) is 16.1 Å². The summed E-state index contributed by atoms with van der Waals surface area (Å²) in [5.41, 5.74) is 0.370. The molecule has 168 valence electrons. The Kier molecular flexibility index (Phi) is 7.01. The Hall–Kier alpha value is -3.39. The third-order valence-corrected chi connectivity index (χ3v) is 5.30. The van der Waals surface area contributed by atoms with E-state index in [1.165, 1.54) is 0 Å². The summed E-state index contributed by atoms with van der Waals surface area (Å²) in [4.78, 5) is 34.5. The fraction of sp³-hybridized carbons (Fsp3) is 0.375. The summed E-state index contributed by atoms with van der Waals surface area (Å²) in [6.07, 6.45) is 1.82. The van der Waals surface area contributed by atoms with Crippen LogP contribution in [0, 0.1) is 0 Å². The van der Waals surface area contributed by atoms with Crippen LogP contribution >= 0.6 is 0 Å². The van der Waals surface area contributed by atoms with Crippen LogP contribution in [0.25, 0.3) is 10.9 Å². The molecule has 3 aromatic rings. The van der Waals surface area contributed by atoms with Crippen LogP contribution in [0.2, 0.25) is 0 Å². The molecule has 32 heavy (non-hydrogen) atoms. The van der Waals surface area contributed by atoms with Crippen molar-refractivity contribution in [3.8, 4) is 11.5 Å². The smallest absolute Gasteiger partial charge is 0.261 e. The van der Waals surface area contributed by atoms with Crippen molar-refractivity contribution in [3.63, 3.8) is 0 Å². The van der Waals surface area contributed by atoms with E-state index in [0.717, 1.165) is 12.8 Å². The van der Waals surface area contributed by atoms with Crippen molar-refractivity contribution in [3.05, 3.63) is 64.7 Å². The summed E-state index contributed by atoms with van der Waals surface area (Å²) in [5, 5.41) is 0.518. The number of aromatic amines is 1. The SMILES string of the molecule is CCOc1ccccc1OCC(=O)N(Cc1nc2ccccc2c(=O)[nH]1)CC1CCCO1. The van der Waals surface area contributed by atoms with E-state index in [-0.39, 0.29) is 30.7 Å². The Morgan fingerprint density at radius 1 is 1.16 bits per heavy atom. The van der Waals surface area contributed by atoms with Crippen molar-refractivity contribution < 1.29 is 19.0 Å². The van der Waals surface area contributed by atoms with Gasteiger partial charge in [0.25, 0.3) is 11.5 Å². The van der Waals surface area contributed by atoms with Gasteiger partial charge in [-0.1, -0.05) is 24.3 Å². The minimum Gasteiger partial charge on any atom is -0.490 e. The number of fused-ring (bicyclic) bond motifs is 1. The van der Waals surface area contributed by atoms with Gasteiger partial charge in [0, 0.05) is 13.2 Å². The quantitative estimate of drug-likeness (QED) is 0.553. The van der Waals surface area contributed by atoms with E-state index in [1.807, 2.05) is 25.1 Å². The van der Waals surface area contributed by atoms with Crippen molar-refractivity contribution in [1.29, 1.82) is 0 Å². The molecule has 4 rings (SSSR count). The molecule has 0 bridgehead atoms. The highest BCUT2D eigenvalue weighted by molar-refractivity contribution is 5.78. The molecule has 1 unspecified atom stereocenters. The van der Waals surface area contributed by atoms with Crippen LogP contribution in [0.3, 0.4) is 0 Å². The second kappa shape index (κ2) is 10.3. The zero-order valence-electron chi connectivity index (χ0n) is 18.1. The number of hydrogen-bond donors (Lipinski definition) is 1. The second-order valence-electron chi connectivity index (χ2n) is 7.61. The van der Waals surface area contributed by atoms with Gasteiger partial charge in [-0.25, -0.2) is 4.98 Å². The maximum absolute atomic E-state index is 13.1. The van der Waals surface area contributed by atoms with E-state index in [4.69, 9.17) is 14.2 Å². The number of para-hydroxylation sites is 3. The predicted octanol–water partition coefficient (Wildman–Crippen LogP) is 2.91. The van der Waals surface area contributed by atoms with Crippen LogP contribution in [-0.4, -0.2) is 53.2 Å². The number of carbonyl (C=O) groups excluding carboxylic acids is 1. The predicted molar refractivity (Wildman–Crippen MR) is 120 cm³/mol. The lowest BCUT2D eigenvalue weighted by molar-refractivity contribution is -0.135. The normalized spacial score (nSPS) is 15.6. The topological polar surface area (TPSA) is 93.8 Å². The van der Waals surface area contributed by atoms with Gasteiger partial charge in [-0.05, 0) is 44.0 Å². The summed E-state index contributed by atoms with van der Waals surface area (Å²) < 4.78 is 17.1. The summed E-state index contributed by atoms with van der Waals surface area (Å²) in [6.45, 7) is 3.49. The van der Waals surface area contributed by atoms with E-state index in [0.29, 0.717) is 48.0 Å². The lowest BCUT2D eigenvalue weighted by atomic mass is 10.2. The summed E-state index contributed by atoms with van der Waals surface area (Å²) in [5.74, 6) is 1.31. The van der Waals surface area contributed by atoms with Gasteiger partial charge < -0.3 is 24.1 Å². The number of hydrogen-bond acceptors (Lipinski definition) is 6. The molecule has 1 aliphatic rings. The van der Waals surface area contributed by atoms with Crippen LogP contribution in [0.15, 0.2) is 53.3 Å². The van der Waals surface area contributed by atoms with E-state index < -0.39 is 0 Å². The Morgan fingerprint density at radius 2 is 1.91 bits per heavy atom. The van der Waals surface area contributed by atoms with E-state index in [2.05, 4.69) is 9.97 Å². The molecule has 1 fully saturated rings. The van der Waals surface area contributed by atoms with Crippen LogP contribution in [0.5, 0.6) is 11.5 Å². The summed E-state index contributed by atoms with van der Waals surface area (Å²) in [7, 11) is 0. The average Bonchev–Trinajstić information content (AvgIpc) is 3.31. The number of nitrogens with zero attached hydrogens (tertiary/aromatic N) is 2. The number of H-pyrrole nitrogens is 1. The lowest BCUT2D eigenvalue weighted by Crippen LogP contribution is -2.40. The number of rotatable bonds is 9. The molecule has 1 saturated heterocycles. The maximum Gasteiger partial charge on any atom is 0.261 e. The Labute approximate surface area is 186 Å². The highest BCUT2D eigenvalue weighted by atomic mass is 16.5. The van der Waals surface area contributed by atoms with Crippen LogP contribution in [0.1, 0.15) is 25.6 Å². The van der Waals surface area contributed by atoms with Crippen LogP contribution < -0.4 is 15.0 Å². The fourth-order valence-corrected chi connectivity index (χ4v) is 3.75. The Morgan fingerprint density at radius 3 is 2.66 bits per heavy atom. The van der Waals surface area contributed by atoms with E-state index in [1.54, 1.807) is 35.2 Å². The molecule has 2 aromatic carbocycles. The fourth-order valence-electron chi connectivity index (χ4n) is 3.75. The average molecular weight is 437 g/mol. The summed E-state index contributed by atoms with van der Waals surface area (Å²) >= 11 is 0. The van der Waals surface area contributed by atoms with Crippen molar-refractivity contribution >= 4 is 16.8 Å². The minimum absolute atomic E-state index is 0.0400. The number of nitrogens with one attached hydrogen (secondary N) is 1. The minimum atomic E-state index is -0.225. The second-order valence-corrected chi connectivity index (χ2v) is 7.61. The molecule has 1 N–H and O–H groups in total. The number of amides is 1. The summed E-state index contributed by atoms with van der Waals surface area (Å²) in [6, 6.07) is 14.4. The number of aromatic nitrogens is 2. The molecule has 2 heterocycles. The first-order valence-electron chi connectivity index (χ1n) is 10.9. The van der Waals surface area contributed by atoms with Gasteiger partial charge in [0.1, 0.15) is 5.82 Å². The van der Waals surface area contributed by atoms with Crippen LogP contribution in [0.4, 0.5) is 0 Å². The lowest BCUT2D eigenvalue weighted by Gasteiger charge is -2.25. The molecular weight excluding hydrogens is 410 g/mol. The molecular formula is C24H27N3O5. The van der Waals surface area contributed by atoms with Gasteiger partial charge in [-0.2, -0.15) is 0 Å². The molecule has 8 heteroatoms. The van der Waals surface area contributed by atoms with E-state index >= 15 is 0 Å². The molecule has 0 spiro atoms. The van der Waals surface area contributed by atoms with Crippen molar-refractivity contribution in [2.75, 3.05) is 26.4 Å². The molecule has 1 atom stereocenters. The van der Waals surface area contributed by atoms with Gasteiger partial charge in [0.05, 0.1) is 30.2 Å². The first-order valence-corrected chi connectivity index (χ1v) is 10.9. The maximum atomic E-state index is 13.1. The number of carbonyl (C=O) groups is 1. The van der Waals surface area contributed by atoms with Gasteiger partial charge in [-0.15, -0.1) is 0 Å². The van der Waals surface area contributed by atoms with Gasteiger partial charge in [-0.3, -0.25) is 9.59 Å². The first-order chi connectivity index (χ1) is 15.6. The van der Waals surface area contributed by atoms with Gasteiger partial charge in [0.15, 0.2) is 18.1 Å².